The minimum atomic E-state index is -4.56. The SMILES string of the molecule is CCCCN(CC(N)=O)C(=O)c1ccc(C(F)(F)F)nc1. The number of unbranched alkanes of at least 4 members (excludes halogenated alkanes) is 1. The van der Waals surface area contributed by atoms with Crippen LogP contribution in [0.25, 0.3) is 0 Å². The number of alkyl halides is 3. The molecular formula is C13H16F3N3O2. The van der Waals surface area contributed by atoms with Crippen LogP contribution in [0.5, 0.6) is 0 Å². The van der Waals surface area contributed by atoms with Gasteiger partial charge < -0.3 is 10.6 Å². The predicted octanol–water partition coefficient (Wildman–Crippen LogP) is 1.83. The van der Waals surface area contributed by atoms with Gasteiger partial charge in [-0.1, -0.05) is 13.3 Å². The van der Waals surface area contributed by atoms with Gasteiger partial charge in [-0.3, -0.25) is 14.6 Å². The summed E-state index contributed by atoms with van der Waals surface area (Å²) in [6.45, 7) is 1.94. The van der Waals surface area contributed by atoms with Gasteiger partial charge in [-0.25, -0.2) is 0 Å². The fraction of sp³-hybridized carbons (Fsp3) is 0.462. The summed E-state index contributed by atoms with van der Waals surface area (Å²) in [5.41, 5.74) is 3.98. The van der Waals surface area contributed by atoms with Crippen molar-refractivity contribution in [3.8, 4) is 0 Å². The molecule has 5 nitrogen and oxygen atoms in total. The Morgan fingerprint density at radius 1 is 1.33 bits per heavy atom. The van der Waals surface area contributed by atoms with Crippen LogP contribution in [0.1, 0.15) is 35.8 Å². The lowest BCUT2D eigenvalue weighted by molar-refractivity contribution is -0.141. The minimum Gasteiger partial charge on any atom is -0.368 e. The molecule has 1 heterocycles. The van der Waals surface area contributed by atoms with Crippen molar-refractivity contribution in [3.05, 3.63) is 29.6 Å². The van der Waals surface area contributed by atoms with Crippen molar-refractivity contribution in [2.24, 2.45) is 5.73 Å². The average molecular weight is 303 g/mol. The van der Waals surface area contributed by atoms with Crippen LogP contribution in [-0.2, 0) is 11.0 Å². The third kappa shape index (κ3) is 5.05. The predicted molar refractivity (Wildman–Crippen MR) is 69.2 cm³/mol. The molecule has 2 N–H and O–H groups in total. The van der Waals surface area contributed by atoms with E-state index < -0.39 is 23.7 Å². The topological polar surface area (TPSA) is 76.3 Å². The summed E-state index contributed by atoms with van der Waals surface area (Å²) in [6, 6.07) is 1.77. The minimum absolute atomic E-state index is 0.0136. The number of hydrogen-bond acceptors (Lipinski definition) is 3. The number of rotatable bonds is 6. The van der Waals surface area contributed by atoms with Gasteiger partial charge in [0.25, 0.3) is 5.91 Å². The smallest absolute Gasteiger partial charge is 0.368 e. The van der Waals surface area contributed by atoms with Crippen LogP contribution >= 0.6 is 0 Å². The lowest BCUT2D eigenvalue weighted by atomic mass is 10.2. The van der Waals surface area contributed by atoms with Gasteiger partial charge in [0, 0.05) is 12.7 Å². The molecule has 0 saturated carbocycles. The first-order valence-corrected chi connectivity index (χ1v) is 6.36. The molecule has 0 bridgehead atoms. The number of primary amides is 1. The highest BCUT2D eigenvalue weighted by molar-refractivity contribution is 5.96. The molecule has 8 heteroatoms. The number of pyridine rings is 1. The lowest BCUT2D eigenvalue weighted by Crippen LogP contribution is -2.39. The Morgan fingerprint density at radius 3 is 2.43 bits per heavy atom. The van der Waals surface area contributed by atoms with Crippen molar-refractivity contribution < 1.29 is 22.8 Å². The summed E-state index contributed by atoms with van der Waals surface area (Å²) in [7, 11) is 0. The van der Waals surface area contributed by atoms with Gasteiger partial charge in [0.05, 0.1) is 12.1 Å². The molecule has 0 atom stereocenters. The molecule has 1 aromatic heterocycles. The molecule has 0 aliphatic carbocycles. The molecule has 0 fully saturated rings. The van der Waals surface area contributed by atoms with Gasteiger partial charge in [-0.05, 0) is 18.6 Å². The van der Waals surface area contributed by atoms with Crippen molar-refractivity contribution >= 4 is 11.8 Å². The zero-order valence-electron chi connectivity index (χ0n) is 11.5. The van der Waals surface area contributed by atoms with Crippen LogP contribution in [0.3, 0.4) is 0 Å². The molecule has 1 rings (SSSR count). The third-order valence-corrected chi connectivity index (χ3v) is 2.72. The van der Waals surface area contributed by atoms with E-state index in [0.717, 1.165) is 24.8 Å². The molecule has 0 unspecified atom stereocenters. The maximum atomic E-state index is 12.4. The number of nitrogens with two attached hydrogens (primary N) is 1. The first-order chi connectivity index (χ1) is 9.75. The highest BCUT2D eigenvalue weighted by atomic mass is 19.4. The summed E-state index contributed by atoms with van der Waals surface area (Å²) < 4.78 is 37.2. The fourth-order valence-electron chi connectivity index (χ4n) is 1.66. The monoisotopic (exact) mass is 303 g/mol. The van der Waals surface area contributed by atoms with E-state index in [-0.39, 0.29) is 12.1 Å². The third-order valence-electron chi connectivity index (χ3n) is 2.72. The second-order valence-electron chi connectivity index (χ2n) is 4.48. The number of hydrogen-bond donors (Lipinski definition) is 1. The maximum Gasteiger partial charge on any atom is 0.433 e. The van der Waals surface area contributed by atoms with E-state index in [1.165, 1.54) is 4.90 Å². The van der Waals surface area contributed by atoms with Crippen LogP contribution in [0.2, 0.25) is 0 Å². The first-order valence-electron chi connectivity index (χ1n) is 6.36. The van der Waals surface area contributed by atoms with Crippen LogP contribution < -0.4 is 5.73 Å². The Labute approximate surface area is 119 Å². The molecule has 0 spiro atoms. The Kier molecular flexibility index (Phi) is 5.69. The number of amides is 2. The van der Waals surface area contributed by atoms with Gasteiger partial charge in [0.2, 0.25) is 5.91 Å². The van der Waals surface area contributed by atoms with Crippen molar-refractivity contribution in [3.63, 3.8) is 0 Å². The summed E-state index contributed by atoms with van der Waals surface area (Å²) in [6.07, 6.45) is -2.25. The highest BCUT2D eigenvalue weighted by Crippen LogP contribution is 2.27. The number of aromatic nitrogens is 1. The van der Waals surface area contributed by atoms with Crippen LogP contribution in [0.15, 0.2) is 18.3 Å². The molecule has 0 aromatic carbocycles. The lowest BCUT2D eigenvalue weighted by Gasteiger charge is -2.21. The molecular weight excluding hydrogens is 287 g/mol. The van der Waals surface area contributed by atoms with E-state index in [1.807, 2.05) is 6.92 Å². The number of carbonyl (C=O) groups is 2. The van der Waals surface area contributed by atoms with E-state index in [1.54, 1.807) is 0 Å². The summed E-state index contributed by atoms with van der Waals surface area (Å²) >= 11 is 0. The molecule has 0 saturated heterocycles. The van der Waals surface area contributed by atoms with E-state index in [4.69, 9.17) is 5.73 Å². The zero-order valence-corrected chi connectivity index (χ0v) is 11.5. The van der Waals surface area contributed by atoms with Crippen molar-refractivity contribution in [2.45, 2.75) is 25.9 Å². The number of halogens is 3. The molecule has 116 valence electrons. The summed E-state index contributed by atoms with van der Waals surface area (Å²) in [5.74, 6) is -1.25. The molecule has 0 aliphatic rings. The molecule has 0 radical (unpaired) electrons. The van der Waals surface area contributed by atoms with E-state index in [0.29, 0.717) is 13.0 Å². The number of carbonyl (C=O) groups excluding carboxylic acids is 2. The van der Waals surface area contributed by atoms with Crippen LogP contribution in [0.4, 0.5) is 13.2 Å². The van der Waals surface area contributed by atoms with E-state index in [2.05, 4.69) is 4.98 Å². The Bertz CT molecular complexity index is 500. The van der Waals surface area contributed by atoms with Gasteiger partial charge in [0.1, 0.15) is 5.69 Å². The van der Waals surface area contributed by atoms with E-state index >= 15 is 0 Å². The molecule has 2 amide bonds. The van der Waals surface area contributed by atoms with Gasteiger partial charge >= 0.3 is 6.18 Å². The summed E-state index contributed by atoms with van der Waals surface area (Å²) in [4.78, 5) is 27.5. The first kappa shape index (κ1) is 16.9. The largest absolute Gasteiger partial charge is 0.433 e. The molecule has 0 aliphatic heterocycles. The van der Waals surface area contributed by atoms with Gasteiger partial charge in [0.15, 0.2) is 0 Å². The van der Waals surface area contributed by atoms with Gasteiger partial charge in [-0.15, -0.1) is 0 Å². The summed E-state index contributed by atoms with van der Waals surface area (Å²) in [5, 5.41) is 0. The van der Waals surface area contributed by atoms with Crippen molar-refractivity contribution in [1.82, 2.24) is 9.88 Å². The molecule has 21 heavy (non-hydrogen) atoms. The normalized spacial score (nSPS) is 11.2. The second kappa shape index (κ2) is 7.05. The Hall–Kier alpha value is -2.12. The quantitative estimate of drug-likeness (QED) is 0.871. The van der Waals surface area contributed by atoms with Crippen LogP contribution in [0, 0.1) is 0 Å². The van der Waals surface area contributed by atoms with Crippen molar-refractivity contribution in [2.75, 3.05) is 13.1 Å². The number of nitrogens with zero attached hydrogens (tertiary/aromatic N) is 2. The Morgan fingerprint density at radius 2 is 2.00 bits per heavy atom. The zero-order chi connectivity index (χ0) is 16.0. The highest BCUT2D eigenvalue weighted by Gasteiger charge is 2.32. The molecule has 1 aromatic rings. The van der Waals surface area contributed by atoms with Gasteiger partial charge in [-0.2, -0.15) is 13.2 Å². The average Bonchev–Trinajstić information content (AvgIpc) is 2.41. The Balaban J connectivity index is 2.90. The van der Waals surface area contributed by atoms with Crippen molar-refractivity contribution in [1.29, 1.82) is 0 Å². The fourth-order valence-corrected chi connectivity index (χ4v) is 1.66. The maximum absolute atomic E-state index is 12.4. The van der Waals surface area contributed by atoms with Crippen LogP contribution in [-0.4, -0.2) is 34.8 Å². The van der Waals surface area contributed by atoms with E-state index in [9.17, 15) is 22.8 Å². The second-order valence-corrected chi connectivity index (χ2v) is 4.48. The standard InChI is InChI=1S/C13H16F3N3O2/c1-2-3-6-19(8-11(17)20)12(21)9-4-5-10(18-7-9)13(14,15)16/h4-5,7H,2-3,6,8H2,1H3,(H2,17,20).